The third-order valence-corrected chi connectivity index (χ3v) is 5.15. The first kappa shape index (κ1) is 25.5. The number of hydrogen-bond donors (Lipinski definition) is 0. The average molecular weight is 425 g/mol. The lowest BCUT2D eigenvalue weighted by molar-refractivity contribution is -0.144. The molecule has 5 heteroatoms. The Hall–Kier alpha value is -1.55. The summed E-state index contributed by atoms with van der Waals surface area (Å²) in [5.41, 5.74) is 1.01. The van der Waals surface area contributed by atoms with E-state index in [2.05, 4.69) is 6.92 Å². The number of esters is 2. The van der Waals surface area contributed by atoms with Gasteiger partial charge in [-0.05, 0) is 43.9 Å². The van der Waals surface area contributed by atoms with Crippen LogP contribution in [0.15, 0.2) is 18.2 Å². The Kier molecular flexibility index (Phi) is 14.3. The molecule has 164 valence electrons. The Morgan fingerprint density at radius 1 is 0.828 bits per heavy atom. The van der Waals surface area contributed by atoms with Crippen molar-refractivity contribution >= 4 is 23.5 Å². The van der Waals surface area contributed by atoms with Gasteiger partial charge in [0.05, 0.1) is 11.6 Å². The third kappa shape index (κ3) is 13.3. The van der Waals surface area contributed by atoms with Gasteiger partial charge >= 0.3 is 11.9 Å². The number of hydrogen-bond acceptors (Lipinski definition) is 4. The molecule has 0 heterocycles. The molecule has 0 spiro atoms. The van der Waals surface area contributed by atoms with Crippen LogP contribution in [-0.2, 0) is 14.3 Å². The lowest BCUT2D eigenvalue weighted by Crippen LogP contribution is -2.08. The van der Waals surface area contributed by atoms with Crippen molar-refractivity contribution in [2.45, 2.75) is 97.3 Å². The van der Waals surface area contributed by atoms with Crippen molar-refractivity contribution in [2.24, 2.45) is 0 Å². The Morgan fingerprint density at radius 3 is 2.10 bits per heavy atom. The van der Waals surface area contributed by atoms with Crippen molar-refractivity contribution in [1.29, 1.82) is 0 Å². The molecule has 0 bridgehead atoms. The normalized spacial score (nSPS) is 10.7. The standard InChI is InChI=1S/C24H37ClO4/c1-3-4-5-10-13-18-28-23(26)14-11-8-6-7-9-12-15-24(27)29-22-19-20(2)16-17-21(22)25/h16-17,19H,3-15,18H2,1-2H3. The van der Waals surface area contributed by atoms with Gasteiger partial charge in [-0.1, -0.05) is 76.0 Å². The van der Waals surface area contributed by atoms with Crippen molar-refractivity contribution in [3.05, 3.63) is 28.8 Å². The van der Waals surface area contributed by atoms with E-state index in [9.17, 15) is 9.59 Å². The van der Waals surface area contributed by atoms with E-state index in [1.807, 2.05) is 13.0 Å². The van der Waals surface area contributed by atoms with E-state index >= 15 is 0 Å². The molecule has 0 aromatic heterocycles. The van der Waals surface area contributed by atoms with E-state index in [4.69, 9.17) is 21.1 Å². The van der Waals surface area contributed by atoms with Crippen LogP contribution in [0, 0.1) is 6.92 Å². The van der Waals surface area contributed by atoms with E-state index in [0.29, 0.717) is 30.2 Å². The first-order valence-electron chi connectivity index (χ1n) is 11.2. The van der Waals surface area contributed by atoms with Gasteiger partial charge < -0.3 is 9.47 Å². The zero-order valence-corrected chi connectivity index (χ0v) is 18.9. The number of aryl methyl sites for hydroxylation is 1. The summed E-state index contributed by atoms with van der Waals surface area (Å²) in [6.07, 6.45) is 12.6. The predicted octanol–water partition coefficient (Wildman–Crippen LogP) is 7.19. The highest BCUT2D eigenvalue weighted by Crippen LogP contribution is 2.25. The maximum atomic E-state index is 11.9. The summed E-state index contributed by atoms with van der Waals surface area (Å²) < 4.78 is 10.6. The van der Waals surface area contributed by atoms with Crippen LogP contribution in [0.5, 0.6) is 5.75 Å². The van der Waals surface area contributed by atoms with Crippen LogP contribution in [0.4, 0.5) is 0 Å². The molecule has 0 N–H and O–H groups in total. The number of rotatable bonds is 16. The van der Waals surface area contributed by atoms with Gasteiger partial charge in [-0.25, -0.2) is 0 Å². The van der Waals surface area contributed by atoms with Crippen molar-refractivity contribution in [3.63, 3.8) is 0 Å². The fraction of sp³-hybridized carbons (Fsp3) is 0.667. The van der Waals surface area contributed by atoms with Gasteiger partial charge in [-0.2, -0.15) is 0 Å². The molecule has 1 aromatic carbocycles. The molecule has 1 rings (SSSR count). The van der Waals surface area contributed by atoms with Crippen molar-refractivity contribution in [2.75, 3.05) is 6.61 Å². The molecular weight excluding hydrogens is 388 g/mol. The molecule has 0 radical (unpaired) electrons. The minimum Gasteiger partial charge on any atom is -0.466 e. The quantitative estimate of drug-likeness (QED) is 0.160. The molecule has 1 aromatic rings. The van der Waals surface area contributed by atoms with Crippen LogP contribution in [-0.4, -0.2) is 18.5 Å². The predicted molar refractivity (Wildman–Crippen MR) is 118 cm³/mol. The molecule has 0 aliphatic carbocycles. The largest absolute Gasteiger partial charge is 0.466 e. The van der Waals surface area contributed by atoms with Crippen LogP contribution in [0.3, 0.4) is 0 Å². The summed E-state index contributed by atoms with van der Waals surface area (Å²) >= 11 is 6.04. The van der Waals surface area contributed by atoms with Gasteiger partial charge in [0.15, 0.2) is 0 Å². The maximum Gasteiger partial charge on any atom is 0.311 e. The van der Waals surface area contributed by atoms with Crippen LogP contribution in [0.25, 0.3) is 0 Å². The molecule has 0 unspecified atom stereocenters. The van der Waals surface area contributed by atoms with E-state index in [1.165, 1.54) is 19.3 Å². The van der Waals surface area contributed by atoms with Crippen LogP contribution >= 0.6 is 11.6 Å². The van der Waals surface area contributed by atoms with Crippen molar-refractivity contribution in [3.8, 4) is 5.75 Å². The maximum absolute atomic E-state index is 11.9. The Bertz CT molecular complexity index is 601. The van der Waals surface area contributed by atoms with Gasteiger partial charge in [0, 0.05) is 12.8 Å². The topological polar surface area (TPSA) is 52.6 Å². The molecular formula is C24H37ClO4. The SMILES string of the molecule is CCCCCCCOC(=O)CCCCCCCCC(=O)Oc1cc(C)ccc1Cl. The minimum absolute atomic E-state index is 0.0713. The summed E-state index contributed by atoms with van der Waals surface area (Å²) in [7, 11) is 0. The van der Waals surface area contributed by atoms with Gasteiger partial charge in [-0.15, -0.1) is 0 Å². The Labute approximate surface area is 181 Å². The third-order valence-electron chi connectivity index (χ3n) is 4.83. The molecule has 0 fully saturated rings. The molecule has 0 aliphatic heterocycles. The molecule has 0 saturated carbocycles. The molecule has 4 nitrogen and oxygen atoms in total. The Balaban J connectivity index is 1.94. The second-order valence-corrected chi connectivity index (χ2v) is 8.07. The highest BCUT2D eigenvalue weighted by Gasteiger charge is 2.08. The van der Waals surface area contributed by atoms with Crippen LogP contribution < -0.4 is 4.74 Å². The zero-order chi connectivity index (χ0) is 21.3. The summed E-state index contributed by atoms with van der Waals surface area (Å²) in [4.78, 5) is 23.6. The molecule has 29 heavy (non-hydrogen) atoms. The Morgan fingerprint density at radius 2 is 1.41 bits per heavy atom. The van der Waals surface area contributed by atoms with Gasteiger partial charge in [0.2, 0.25) is 0 Å². The van der Waals surface area contributed by atoms with E-state index in [1.54, 1.807) is 12.1 Å². The summed E-state index contributed by atoms with van der Waals surface area (Å²) in [5, 5.41) is 0.457. The van der Waals surface area contributed by atoms with Crippen molar-refractivity contribution < 1.29 is 19.1 Å². The van der Waals surface area contributed by atoms with Crippen LogP contribution in [0.1, 0.15) is 96.0 Å². The fourth-order valence-electron chi connectivity index (χ4n) is 3.07. The number of unbranched alkanes of at least 4 members (excludes halogenated alkanes) is 9. The zero-order valence-electron chi connectivity index (χ0n) is 18.1. The monoisotopic (exact) mass is 424 g/mol. The van der Waals surface area contributed by atoms with Gasteiger partial charge in [-0.3, -0.25) is 9.59 Å². The minimum atomic E-state index is -0.241. The molecule has 0 aliphatic rings. The highest BCUT2D eigenvalue weighted by molar-refractivity contribution is 6.32. The van der Waals surface area contributed by atoms with Crippen molar-refractivity contribution in [1.82, 2.24) is 0 Å². The van der Waals surface area contributed by atoms with Gasteiger partial charge in [0.1, 0.15) is 5.75 Å². The first-order chi connectivity index (χ1) is 14.0. The van der Waals surface area contributed by atoms with Gasteiger partial charge in [0.25, 0.3) is 0 Å². The molecule has 0 saturated heterocycles. The first-order valence-corrected chi connectivity index (χ1v) is 11.5. The van der Waals surface area contributed by atoms with E-state index < -0.39 is 0 Å². The summed E-state index contributed by atoms with van der Waals surface area (Å²) in [5.74, 6) is 0.123. The number of carbonyl (C=O) groups is 2. The van der Waals surface area contributed by atoms with Crippen LogP contribution in [0.2, 0.25) is 5.02 Å². The lowest BCUT2D eigenvalue weighted by atomic mass is 10.1. The fourth-order valence-corrected chi connectivity index (χ4v) is 3.23. The molecule has 0 atom stereocenters. The number of halogens is 1. The van der Waals surface area contributed by atoms with E-state index in [-0.39, 0.29) is 11.9 Å². The smallest absolute Gasteiger partial charge is 0.311 e. The lowest BCUT2D eigenvalue weighted by Gasteiger charge is -2.07. The number of carbonyl (C=O) groups excluding carboxylic acids is 2. The highest BCUT2D eigenvalue weighted by atomic mass is 35.5. The second kappa shape index (κ2) is 16.3. The summed E-state index contributed by atoms with van der Waals surface area (Å²) in [6, 6.07) is 5.40. The summed E-state index contributed by atoms with van der Waals surface area (Å²) in [6.45, 7) is 4.69. The second-order valence-electron chi connectivity index (χ2n) is 7.66. The molecule has 0 amide bonds. The van der Waals surface area contributed by atoms with E-state index in [0.717, 1.165) is 56.9 Å². The number of ether oxygens (including phenoxy) is 2. The number of benzene rings is 1. The average Bonchev–Trinajstić information content (AvgIpc) is 2.69.